The van der Waals surface area contributed by atoms with Gasteiger partial charge in [-0.05, 0) is 18.2 Å². The molecule has 1 aromatic rings. The summed E-state index contributed by atoms with van der Waals surface area (Å²) in [5.41, 5.74) is -1.51. The van der Waals surface area contributed by atoms with Crippen molar-refractivity contribution in [1.29, 1.82) is 0 Å². The van der Waals surface area contributed by atoms with Crippen molar-refractivity contribution in [2.75, 3.05) is 31.6 Å². The summed E-state index contributed by atoms with van der Waals surface area (Å²) >= 11 is 0. The molecule has 1 aliphatic rings. The number of nitrogens with zero attached hydrogens (tertiary/aromatic N) is 1. The van der Waals surface area contributed by atoms with Crippen LogP contribution in [0, 0.1) is 5.82 Å². The Kier molecular flexibility index (Phi) is 4.12. The number of ether oxygens (including phenoxy) is 1. The van der Waals surface area contributed by atoms with E-state index in [-0.39, 0.29) is 0 Å². The summed E-state index contributed by atoms with van der Waals surface area (Å²) in [5.74, 6) is -0.917. The standard InChI is InChI=1S/C12H12F4N2O2/c13-9-2-1-8(12(14,15)16)7-10(9)17-11(19)18-3-5-20-6-4-18/h1-2,7H,3-6H2,(H,17,19). The summed E-state index contributed by atoms with van der Waals surface area (Å²) in [6.07, 6.45) is -4.59. The van der Waals surface area contributed by atoms with Crippen molar-refractivity contribution in [2.45, 2.75) is 6.18 Å². The van der Waals surface area contributed by atoms with E-state index in [0.717, 1.165) is 0 Å². The number of amides is 2. The SMILES string of the molecule is O=C(Nc1cc(C(F)(F)F)ccc1F)N1CCOCC1. The summed E-state index contributed by atoms with van der Waals surface area (Å²) < 4.78 is 56.1. The van der Waals surface area contributed by atoms with Crippen molar-refractivity contribution in [3.05, 3.63) is 29.6 Å². The van der Waals surface area contributed by atoms with Crippen LogP contribution in [0.25, 0.3) is 0 Å². The Hall–Kier alpha value is -1.83. The van der Waals surface area contributed by atoms with E-state index in [4.69, 9.17) is 4.74 Å². The quantitative estimate of drug-likeness (QED) is 0.809. The van der Waals surface area contributed by atoms with Gasteiger partial charge in [-0.3, -0.25) is 0 Å². The van der Waals surface area contributed by atoms with Gasteiger partial charge in [-0.25, -0.2) is 9.18 Å². The second kappa shape index (κ2) is 5.66. The van der Waals surface area contributed by atoms with Crippen molar-refractivity contribution in [2.24, 2.45) is 0 Å². The highest BCUT2D eigenvalue weighted by molar-refractivity contribution is 5.89. The maximum Gasteiger partial charge on any atom is 0.416 e. The van der Waals surface area contributed by atoms with Crippen LogP contribution >= 0.6 is 0 Å². The minimum atomic E-state index is -4.59. The first kappa shape index (κ1) is 14.6. The Morgan fingerprint density at radius 1 is 1.25 bits per heavy atom. The highest BCUT2D eigenvalue weighted by Crippen LogP contribution is 2.31. The number of anilines is 1. The van der Waals surface area contributed by atoms with Crippen LogP contribution in [0.5, 0.6) is 0 Å². The van der Waals surface area contributed by atoms with Crippen molar-refractivity contribution >= 4 is 11.7 Å². The minimum absolute atomic E-state index is 0.312. The zero-order valence-corrected chi connectivity index (χ0v) is 10.3. The van der Waals surface area contributed by atoms with E-state index in [2.05, 4.69) is 5.32 Å². The van der Waals surface area contributed by atoms with Crippen LogP contribution in [0.2, 0.25) is 0 Å². The smallest absolute Gasteiger partial charge is 0.378 e. The van der Waals surface area contributed by atoms with Crippen molar-refractivity contribution in [3.63, 3.8) is 0 Å². The minimum Gasteiger partial charge on any atom is -0.378 e. The molecule has 20 heavy (non-hydrogen) atoms. The number of rotatable bonds is 1. The molecule has 1 saturated heterocycles. The summed E-state index contributed by atoms with van der Waals surface area (Å²) in [7, 11) is 0. The van der Waals surface area contributed by atoms with Gasteiger partial charge in [-0.2, -0.15) is 13.2 Å². The fourth-order valence-electron chi connectivity index (χ4n) is 1.76. The molecule has 1 aliphatic heterocycles. The van der Waals surface area contributed by atoms with Gasteiger partial charge < -0.3 is 15.0 Å². The molecular weight excluding hydrogens is 280 g/mol. The molecule has 2 amide bonds. The average Bonchev–Trinajstić information content (AvgIpc) is 2.41. The Balaban J connectivity index is 2.13. The lowest BCUT2D eigenvalue weighted by Gasteiger charge is -2.27. The summed E-state index contributed by atoms with van der Waals surface area (Å²) in [5, 5.41) is 2.15. The van der Waals surface area contributed by atoms with Crippen LogP contribution in [0.1, 0.15) is 5.56 Å². The molecular formula is C12H12F4N2O2. The number of carbonyl (C=O) groups excluding carboxylic acids is 1. The van der Waals surface area contributed by atoms with Crippen LogP contribution < -0.4 is 5.32 Å². The molecule has 1 N–H and O–H groups in total. The molecule has 110 valence electrons. The monoisotopic (exact) mass is 292 g/mol. The van der Waals surface area contributed by atoms with Gasteiger partial charge >= 0.3 is 12.2 Å². The van der Waals surface area contributed by atoms with Crippen LogP contribution in [-0.4, -0.2) is 37.2 Å². The number of carbonyl (C=O) groups is 1. The van der Waals surface area contributed by atoms with Gasteiger partial charge in [-0.15, -0.1) is 0 Å². The molecule has 0 unspecified atom stereocenters. The lowest BCUT2D eigenvalue weighted by molar-refractivity contribution is -0.137. The normalized spacial score (nSPS) is 16.1. The molecule has 1 heterocycles. The summed E-state index contributed by atoms with van der Waals surface area (Å²) in [6.45, 7) is 1.32. The van der Waals surface area contributed by atoms with Crippen molar-refractivity contribution < 1.29 is 27.1 Å². The van der Waals surface area contributed by atoms with Gasteiger partial charge in [0.25, 0.3) is 0 Å². The summed E-state index contributed by atoms with van der Waals surface area (Å²) in [6, 6.07) is 1.23. The zero-order valence-electron chi connectivity index (χ0n) is 10.3. The Bertz CT molecular complexity index is 499. The second-order valence-electron chi connectivity index (χ2n) is 4.22. The first-order chi connectivity index (χ1) is 9.38. The molecule has 0 aromatic heterocycles. The zero-order chi connectivity index (χ0) is 14.8. The first-order valence-corrected chi connectivity index (χ1v) is 5.88. The number of benzene rings is 1. The van der Waals surface area contributed by atoms with Gasteiger partial charge in [0.2, 0.25) is 0 Å². The van der Waals surface area contributed by atoms with Crippen LogP contribution in [0.15, 0.2) is 18.2 Å². The van der Waals surface area contributed by atoms with E-state index in [1.54, 1.807) is 0 Å². The predicted octanol–water partition coefficient (Wildman–Crippen LogP) is 2.71. The Morgan fingerprint density at radius 2 is 1.90 bits per heavy atom. The number of hydrogen-bond donors (Lipinski definition) is 1. The number of morpholine rings is 1. The van der Waals surface area contributed by atoms with Crippen molar-refractivity contribution in [1.82, 2.24) is 4.90 Å². The third-order valence-electron chi connectivity index (χ3n) is 2.83. The van der Waals surface area contributed by atoms with Crippen molar-refractivity contribution in [3.8, 4) is 0 Å². The Labute approximate surface area is 112 Å². The Morgan fingerprint density at radius 3 is 2.50 bits per heavy atom. The number of urea groups is 1. The number of hydrogen-bond acceptors (Lipinski definition) is 2. The average molecular weight is 292 g/mol. The number of alkyl halides is 3. The van der Waals surface area contributed by atoms with Gasteiger partial charge in [0.1, 0.15) is 5.82 Å². The molecule has 0 atom stereocenters. The molecule has 0 spiro atoms. The largest absolute Gasteiger partial charge is 0.416 e. The third kappa shape index (κ3) is 3.38. The topological polar surface area (TPSA) is 41.6 Å². The highest BCUT2D eigenvalue weighted by Gasteiger charge is 2.31. The van der Waals surface area contributed by atoms with Gasteiger partial charge in [0.15, 0.2) is 0 Å². The van der Waals surface area contributed by atoms with E-state index in [0.29, 0.717) is 44.5 Å². The highest BCUT2D eigenvalue weighted by atomic mass is 19.4. The van der Waals surface area contributed by atoms with Gasteiger partial charge in [0.05, 0.1) is 24.5 Å². The molecule has 0 aliphatic carbocycles. The lowest BCUT2D eigenvalue weighted by atomic mass is 10.2. The fourth-order valence-corrected chi connectivity index (χ4v) is 1.76. The number of halogens is 4. The second-order valence-corrected chi connectivity index (χ2v) is 4.22. The lowest BCUT2D eigenvalue weighted by Crippen LogP contribution is -2.43. The first-order valence-electron chi connectivity index (χ1n) is 5.88. The van der Waals surface area contributed by atoms with Crippen LogP contribution in [-0.2, 0) is 10.9 Å². The molecule has 1 aromatic carbocycles. The van der Waals surface area contributed by atoms with E-state index < -0.39 is 29.3 Å². The molecule has 4 nitrogen and oxygen atoms in total. The fraction of sp³-hybridized carbons (Fsp3) is 0.417. The molecule has 8 heteroatoms. The third-order valence-corrected chi connectivity index (χ3v) is 2.83. The van der Waals surface area contributed by atoms with Gasteiger partial charge in [0, 0.05) is 13.1 Å². The molecule has 0 bridgehead atoms. The maximum atomic E-state index is 13.5. The number of nitrogens with one attached hydrogen (secondary N) is 1. The van der Waals surface area contributed by atoms with E-state index in [9.17, 15) is 22.4 Å². The van der Waals surface area contributed by atoms with Crippen LogP contribution in [0.4, 0.5) is 28.0 Å². The molecule has 2 rings (SSSR count). The van der Waals surface area contributed by atoms with Crippen LogP contribution in [0.3, 0.4) is 0 Å². The molecule has 0 saturated carbocycles. The predicted molar refractivity (Wildman–Crippen MR) is 62.8 cm³/mol. The van der Waals surface area contributed by atoms with E-state index in [1.807, 2.05) is 0 Å². The van der Waals surface area contributed by atoms with Gasteiger partial charge in [-0.1, -0.05) is 0 Å². The van der Waals surface area contributed by atoms with E-state index >= 15 is 0 Å². The molecule has 0 radical (unpaired) electrons. The van der Waals surface area contributed by atoms with E-state index in [1.165, 1.54) is 4.90 Å². The molecule has 1 fully saturated rings. The maximum absolute atomic E-state index is 13.5. The summed E-state index contributed by atoms with van der Waals surface area (Å²) in [4.78, 5) is 13.1.